The van der Waals surface area contributed by atoms with Gasteiger partial charge in [-0.2, -0.15) is 0 Å². The van der Waals surface area contributed by atoms with Crippen LogP contribution in [0.4, 0.5) is 0 Å². The van der Waals surface area contributed by atoms with Crippen molar-refractivity contribution in [2.24, 2.45) is 0 Å². The lowest BCUT2D eigenvalue weighted by Gasteiger charge is -2.30. The molecule has 7 heteroatoms. The van der Waals surface area contributed by atoms with Crippen LogP contribution in [0, 0.1) is 0 Å². The number of aromatic nitrogens is 1. The molecule has 3 aromatic rings. The number of nitrogens with zero attached hydrogens (tertiary/aromatic N) is 2. The number of hydrogen-bond acceptors (Lipinski definition) is 4. The Bertz CT molecular complexity index is 1250. The lowest BCUT2D eigenvalue weighted by atomic mass is 10.0. The lowest BCUT2D eigenvalue weighted by molar-refractivity contribution is 0.190. The third-order valence-corrected chi connectivity index (χ3v) is 8.79. The zero-order valence-electron chi connectivity index (χ0n) is 20.0. The van der Waals surface area contributed by atoms with Gasteiger partial charge in [-0.15, -0.1) is 0 Å². The normalized spacial score (nSPS) is 19.1. The number of ether oxygens (including phenoxy) is 1. The first kappa shape index (κ1) is 23.1. The number of benzene rings is 2. The first-order valence-electron chi connectivity index (χ1n) is 12.1. The second-order valence-electron chi connectivity index (χ2n) is 9.49. The summed E-state index contributed by atoms with van der Waals surface area (Å²) in [6, 6.07) is 18.9. The molecule has 6 nitrogen and oxygen atoms in total. The van der Waals surface area contributed by atoms with Gasteiger partial charge in [-0.05, 0) is 54.8 Å². The Morgan fingerprint density at radius 2 is 1.88 bits per heavy atom. The van der Waals surface area contributed by atoms with Crippen LogP contribution in [0.3, 0.4) is 0 Å². The van der Waals surface area contributed by atoms with E-state index in [-0.39, 0.29) is 0 Å². The summed E-state index contributed by atoms with van der Waals surface area (Å²) in [6.45, 7) is 2.48. The summed E-state index contributed by atoms with van der Waals surface area (Å²) in [5, 5.41) is 0. The Balaban J connectivity index is 1.46. The molecule has 2 aromatic carbocycles. The molecule has 3 heterocycles. The second kappa shape index (κ2) is 9.56. The number of nitrogens with one attached hydrogen (secondary N) is 1. The fourth-order valence-corrected chi connectivity index (χ4v) is 6.14. The van der Waals surface area contributed by atoms with Gasteiger partial charge in [-0.1, -0.05) is 43.2 Å². The Kier molecular flexibility index (Phi) is 6.51. The number of H-pyrrole nitrogens is 1. The van der Waals surface area contributed by atoms with Crippen molar-refractivity contribution in [1.29, 1.82) is 0 Å². The van der Waals surface area contributed by atoms with E-state index in [0.717, 1.165) is 47.8 Å². The van der Waals surface area contributed by atoms with Gasteiger partial charge in [0.25, 0.3) is 0 Å². The highest BCUT2D eigenvalue weighted by molar-refractivity contribution is 7.89. The average Bonchev–Trinajstić information content (AvgIpc) is 3.44. The minimum atomic E-state index is -3.53. The molecule has 2 aliphatic rings. The van der Waals surface area contributed by atoms with Crippen LogP contribution in [0.15, 0.2) is 59.5 Å². The zero-order valence-corrected chi connectivity index (χ0v) is 20.8. The summed E-state index contributed by atoms with van der Waals surface area (Å²) >= 11 is 0. The van der Waals surface area contributed by atoms with Crippen LogP contribution >= 0.6 is 0 Å². The largest absolute Gasteiger partial charge is 0.492 e. The van der Waals surface area contributed by atoms with Gasteiger partial charge in [0, 0.05) is 50.1 Å². The van der Waals surface area contributed by atoms with Crippen molar-refractivity contribution >= 4 is 10.0 Å². The Hall–Kier alpha value is -2.61. The molecule has 1 aromatic heterocycles. The Morgan fingerprint density at radius 1 is 1.06 bits per heavy atom. The molecule has 2 aliphatic heterocycles. The summed E-state index contributed by atoms with van der Waals surface area (Å²) in [4.78, 5) is 6.46. The van der Waals surface area contributed by atoms with Crippen molar-refractivity contribution in [2.75, 3.05) is 27.2 Å². The van der Waals surface area contributed by atoms with Crippen LogP contribution in [0.5, 0.6) is 5.75 Å². The number of fused-ring (bicyclic) bond motifs is 1. The molecule has 1 fully saturated rings. The van der Waals surface area contributed by atoms with Gasteiger partial charge in [0.1, 0.15) is 5.75 Å². The number of rotatable bonds is 6. The monoisotopic (exact) mass is 479 g/mol. The van der Waals surface area contributed by atoms with Gasteiger partial charge in [0.2, 0.25) is 10.0 Å². The SMILES string of the molecule is CN(C)S(=O)(=O)c1cc2c(c(-c3ccc(CN4CCCCC[C@@H]4c4ccccc4)[nH]3)c1)OCC2. The van der Waals surface area contributed by atoms with Crippen LogP contribution in [-0.2, 0) is 23.0 Å². The van der Waals surface area contributed by atoms with Crippen molar-refractivity contribution in [3.8, 4) is 17.0 Å². The van der Waals surface area contributed by atoms with Crippen molar-refractivity contribution in [3.05, 3.63) is 71.4 Å². The van der Waals surface area contributed by atoms with Gasteiger partial charge in [-0.3, -0.25) is 4.90 Å². The molecule has 1 saturated heterocycles. The van der Waals surface area contributed by atoms with Gasteiger partial charge >= 0.3 is 0 Å². The predicted molar refractivity (Wildman–Crippen MR) is 134 cm³/mol. The number of hydrogen-bond donors (Lipinski definition) is 1. The molecule has 0 aliphatic carbocycles. The van der Waals surface area contributed by atoms with E-state index in [1.165, 1.54) is 35.6 Å². The van der Waals surface area contributed by atoms with E-state index in [4.69, 9.17) is 4.74 Å². The van der Waals surface area contributed by atoms with Crippen molar-refractivity contribution in [2.45, 2.75) is 49.6 Å². The highest BCUT2D eigenvalue weighted by Crippen LogP contribution is 2.39. The van der Waals surface area contributed by atoms with Crippen LogP contribution in [-0.4, -0.2) is 49.9 Å². The van der Waals surface area contributed by atoms with Crippen LogP contribution in [0.1, 0.15) is 48.5 Å². The summed E-state index contributed by atoms with van der Waals surface area (Å²) in [7, 11) is -0.401. The van der Waals surface area contributed by atoms with E-state index in [1.54, 1.807) is 26.2 Å². The van der Waals surface area contributed by atoms with Gasteiger partial charge in [0.05, 0.1) is 11.5 Å². The summed E-state index contributed by atoms with van der Waals surface area (Å²) < 4.78 is 32.9. The fourth-order valence-electron chi connectivity index (χ4n) is 5.16. The minimum absolute atomic E-state index is 0.310. The van der Waals surface area contributed by atoms with Crippen LogP contribution in [0.25, 0.3) is 11.3 Å². The van der Waals surface area contributed by atoms with E-state index in [2.05, 4.69) is 46.3 Å². The van der Waals surface area contributed by atoms with Crippen LogP contribution in [0.2, 0.25) is 0 Å². The molecule has 0 radical (unpaired) electrons. The predicted octanol–water partition coefficient (Wildman–Crippen LogP) is 4.98. The third-order valence-electron chi connectivity index (χ3n) is 6.99. The molecule has 0 amide bonds. The molecule has 5 rings (SSSR count). The number of sulfonamides is 1. The zero-order chi connectivity index (χ0) is 23.7. The van der Waals surface area contributed by atoms with Gasteiger partial charge < -0.3 is 9.72 Å². The topological polar surface area (TPSA) is 65.6 Å². The van der Waals surface area contributed by atoms with Gasteiger partial charge in [0.15, 0.2) is 0 Å². The summed E-state index contributed by atoms with van der Waals surface area (Å²) in [5.41, 5.74) is 5.17. The molecule has 0 bridgehead atoms. The number of aromatic amines is 1. The van der Waals surface area contributed by atoms with E-state index >= 15 is 0 Å². The molecule has 34 heavy (non-hydrogen) atoms. The highest BCUT2D eigenvalue weighted by Gasteiger charge is 2.27. The lowest BCUT2D eigenvalue weighted by Crippen LogP contribution is -2.28. The summed E-state index contributed by atoms with van der Waals surface area (Å²) in [5.74, 6) is 0.794. The van der Waals surface area contributed by atoms with E-state index in [9.17, 15) is 8.42 Å². The second-order valence-corrected chi connectivity index (χ2v) is 11.6. The van der Waals surface area contributed by atoms with E-state index in [0.29, 0.717) is 17.5 Å². The number of likely N-dealkylation sites (tertiary alicyclic amines) is 1. The van der Waals surface area contributed by atoms with Crippen LogP contribution < -0.4 is 4.74 Å². The maximum absolute atomic E-state index is 12.9. The first-order valence-corrected chi connectivity index (χ1v) is 13.6. The highest BCUT2D eigenvalue weighted by atomic mass is 32.2. The Morgan fingerprint density at radius 3 is 2.68 bits per heavy atom. The molecule has 0 unspecified atom stereocenters. The summed E-state index contributed by atoms with van der Waals surface area (Å²) in [6.07, 6.45) is 5.63. The molecular formula is C27H33N3O3S. The molecule has 0 saturated carbocycles. The maximum Gasteiger partial charge on any atom is 0.242 e. The minimum Gasteiger partial charge on any atom is -0.492 e. The molecule has 180 valence electrons. The van der Waals surface area contributed by atoms with E-state index < -0.39 is 10.0 Å². The molecule has 0 spiro atoms. The van der Waals surface area contributed by atoms with Crippen molar-refractivity contribution < 1.29 is 13.2 Å². The van der Waals surface area contributed by atoms with Gasteiger partial charge in [-0.25, -0.2) is 12.7 Å². The quantitative estimate of drug-likeness (QED) is 0.541. The first-order chi connectivity index (χ1) is 16.4. The molecule has 1 atom stereocenters. The molecular weight excluding hydrogens is 446 g/mol. The molecule has 1 N–H and O–H groups in total. The average molecular weight is 480 g/mol. The third kappa shape index (κ3) is 4.52. The fraction of sp³-hybridized carbons (Fsp3) is 0.407. The smallest absolute Gasteiger partial charge is 0.242 e. The van der Waals surface area contributed by atoms with Crippen molar-refractivity contribution in [1.82, 2.24) is 14.2 Å². The Labute approximate surface area is 202 Å². The standard InChI is InChI=1S/C27H33N3O3S/c1-29(2)34(31,32)23-17-21-14-16-33-27(21)24(18-23)25-13-12-22(28-25)19-30-15-8-4-7-11-26(30)20-9-5-3-6-10-20/h3,5-6,9-10,12-13,17-18,26,28H,4,7-8,11,14-16,19H2,1-2H3/t26-/m1/s1. The van der Waals surface area contributed by atoms with Crippen molar-refractivity contribution in [3.63, 3.8) is 0 Å². The maximum atomic E-state index is 12.9. The van der Waals surface area contributed by atoms with E-state index in [1.807, 2.05) is 6.07 Å².